The number of alkyl halides is 1. The lowest BCUT2D eigenvalue weighted by Crippen LogP contribution is -2.15. The van der Waals surface area contributed by atoms with Crippen LogP contribution in [0.15, 0.2) is 35.6 Å². The zero-order valence-electron chi connectivity index (χ0n) is 15.9. The van der Waals surface area contributed by atoms with Gasteiger partial charge in [-0.1, -0.05) is 11.6 Å². The zero-order valence-corrected chi connectivity index (χ0v) is 17.5. The SMILES string of the molecule is O=C(Nc1cn2cc(-c3c(Cl)c(F)c(SCCO)c4[nH]ncc34)ccc2n1)[C@@H]1C[C@@H]1F. The summed E-state index contributed by atoms with van der Waals surface area (Å²) in [6.07, 6.45) is 4.05. The Hall–Kier alpha value is -2.69. The van der Waals surface area contributed by atoms with Gasteiger partial charge in [-0.05, 0) is 18.6 Å². The Morgan fingerprint density at radius 3 is 2.97 bits per heavy atom. The van der Waals surface area contributed by atoms with E-state index in [2.05, 4.69) is 20.5 Å². The number of nitrogens with one attached hydrogen (secondary N) is 2. The van der Waals surface area contributed by atoms with Gasteiger partial charge in [-0.15, -0.1) is 11.8 Å². The minimum atomic E-state index is -1.09. The fraction of sp³-hybridized carbons (Fsp3) is 0.250. The Labute approximate surface area is 183 Å². The summed E-state index contributed by atoms with van der Waals surface area (Å²) in [4.78, 5) is 16.6. The summed E-state index contributed by atoms with van der Waals surface area (Å²) < 4.78 is 29.8. The number of aliphatic hydroxyl groups excluding tert-OH is 1. The highest BCUT2D eigenvalue weighted by molar-refractivity contribution is 7.99. The number of anilines is 1. The number of thioether (sulfide) groups is 1. The maximum absolute atomic E-state index is 15.1. The molecule has 1 fully saturated rings. The fourth-order valence-electron chi connectivity index (χ4n) is 3.51. The normalized spacial score (nSPS) is 18.1. The molecular weight excluding hydrogens is 448 g/mol. The van der Waals surface area contributed by atoms with Crippen LogP contribution in [0, 0.1) is 11.7 Å². The number of rotatable bonds is 6. The van der Waals surface area contributed by atoms with Crippen LogP contribution in [-0.4, -0.2) is 49.1 Å². The maximum Gasteiger partial charge on any atom is 0.231 e. The van der Waals surface area contributed by atoms with E-state index in [-0.39, 0.29) is 18.1 Å². The van der Waals surface area contributed by atoms with Gasteiger partial charge in [0.05, 0.1) is 40.4 Å². The molecule has 0 saturated heterocycles. The van der Waals surface area contributed by atoms with Crippen molar-refractivity contribution in [1.82, 2.24) is 19.6 Å². The Kier molecular flexibility index (Phi) is 5.07. The van der Waals surface area contributed by atoms with Crippen molar-refractivity contribution in [1.29, 1.82) is 0 Å². The van der Waals surface area contributed by atoms with Crippen molar-refractivity contribution < 1.29 is 18.7 Å². The first-order chi connectivity index (χ1) is 15.0. The van der Waals surface area contributed by atoms with Gasteiger partial charge in [-0.3, -0.25) is 9.89 Å². The third kappa shape index (κ3) is 3.54. The number of pyridine rings is 1. The summed E-state index contributed by atoms with van der Waals surface area (Å²) in [5, 5.41) is 19.2. The molecule has 3 aromatic heterocycles. The van der Waals surface area contributed by atoms with E-state index in [0.717, 1.165) is 11.8 Å². The van der Waals surface area contributed by atoms with Crippen LogP contribution < -0.4 is 5.32 Å². The van der Waals surface area contributed by atoms with Crippen molar-refractivity contribution in [3.8, 4) is 11.1 Å². The molecule has 0 unspecified atom stereocenters. The Balaban J connectivity index is 1.55. The van der Waals surface area contributed by atoms with E-state index < -0.39 is 23.8 Å². The molecule has 0 radical (unpaired) electrons. The molecule has 11 heteroatoms. The van der Waals surface area contributed by atoms with Crippen LogP contribution >= 0.6 is 23.4 Å². The van der Waals surface area contributed by atoms with Crippen molar-refractivity contribution >= 4 is 51.6 Å². The Bertz CT molecular complexity index is 1320. The number of aliphatic hydroxyl groups is 1. The largest absolute Gasteiger partial charge is 0.396 e. The minimum absolute atomic E-state index is 0.0509. The third-order valence-electron chi connectivity index (χ3n) is 5.13. The van der Waals surface area contributed by atoms with E-state index >= 15 is 4.39 Å². The summed E-state index contributed by atoms with van der Waals surface area (Å²) in [6, 6.07) is 3.47. The summed E-state index contributed by atoms with van der Waals surface area (Å²) in [5.41, 5.74) is 2.15. The summed E-state index contributed by atoms with van der Waals surface area (Å²) >= 11 is 7.57. The summed E-state index contributed by atoms with van der Waals surface area (Å²) in [7, 11) is 0. The molecule has 0 aliphatic heterocycles. The van der Waals surface area contributed by atoms with Crippen LogP contribution in [0.1, 0.15) is 6.42 Å². The predicted molar refractivity (Wildman–Crippen MR) is 115 cm³/mol. The molecule has 1 aliphatic rings. The Morgan fingerprint density at radius 2 is 2.23 bits per heavy atom. The number of hydrogen-bond acceptors (Lipinski definition) is 5. The van der Waals surface area contributed by atoms with E-state index in [9.17, 15) is 9.18 Å². The predicted octanol–water partition coefficient (Wildman–Crippen LogP) is 4.05. The number of aromatic amines is 1. The molecule has 1 saturated carbocycles. The third-order valence-corrected chi connectivity index (χ3v) is 6.54. The second kappa shape index (κ2) is 7.77. The fourth-order valence-corrected chi connectivity index (χ4v) is 4.69. The number of imidazole rings is 1. The molecule has 0 spiro atoms. The number of nitrogens with zero attached hydrogens (tertiary/aromatic N) is 3. The van der Waals surface area contributed by atoms with Crippen LogP contribution in [0.2, 0.25) is 5.02 Å². The Morgan fingerprint density at radius 1 is 1.42 bits per heavy atom. The number of fused-ring (bicyclic) bond motifs is 2. The number of hydrogen-bond donors (Lipinski definition) is 3. The van der Waals surface area contributed by atoms with Gasteiger partial charge in [-0.2, -0.15) is 5.10 Å². The van der Waals surface area contributed by atoms with E-state index in [1.165, 1.54) is 0 Å². The molecular formula is C20H16ClF2N5O2S. The molecule has 4 aromatic rings. The summed E-state index contributed by atoms with van der Waals surface area (Å²) in [5.74, 6) is -0.963. The topological polar surface area (TPSA) is 95.3 Å². The maximum atomic E-state index is 15.1. The van der Waals surface area contributed by atoms with E-state index in [4.69, 9.17) is 16.7 Å². The molecule has 5 rings (SSSR count). The number of amides is 1. The van der Waals surface area contributed by atoms with Crippen molar-refractivity contribution in [2.75, 3.05) is 17.7 Å². The lowest BCUT2D eigenvalue weighted by molar-refractivity contribution is -0.117. The van der Waals surface area contributed by atoms with Crippen molar-refractivity contribution in [2.24, 2.45) is 5.92 Å². The van der Waals surface area contributed by atoms with Crippen LogP contribution in [0.3, 0.4) is 0 Å². The standard InChI is InChI=1S/C20H16ClF2N5O2S/c21-16-15(11-6-24-27-18(11)19(17(16)23)31-4-3-29)9-1-2-14-25-13(8-28(14)7-9)26-20(30)10-5-12(10)22/h1-2,6-8,10,12,29H,3-5H2,(H,24,27)(H,26,30)/t10-,12+/m1/s1. The minimum Gasteiger partial charge on any atom is -0.396 e. The second-order valence-electron chi connectivity index (χ2n) is 7.22. The number of carbonyl (C=O) groups is 1. The molecule has 31 heavy (non-hydrogen) atoms. The van der Waals surface area contributed by atoms with E-state index in [1.54, 1.807) is 35.1 Å². The molecule has 2 atom stereocenters. The smallest absolute Gasteiger partial charge is 0.231 e. The van der Waals surface area contributed by atoms with Gasteiger partial charge in [0.15, 0.2) is 11.6 Å². The van der Waals surface area contributed by atoms with Crippen LogP contribution in [0.4, 0.5) is 14.6 Å². The molecule has 1 aromatic carbocycles. The molecule has 1 amide bonds. The van der Waals surface area contributed by atoms with Crippen molar-refractivity contribution in [3.63, 3.8) is 0 Å². The van der Waals surface area contributed by atoms with Gasteiger partial charge in [0, 0.05) is 28.5 Å². The average Bonchev–Trinajstić information content (AvgIpc) is 3.12. The van der Waals surface area contributed by atoms with E-state index in [0.29, 0.717) is 44.1 Å². The van der Waals surface area contributed by atoms with Crippen LogP contribution in [0.25, 0.3) is 27.7 Å². The summed E-state index contributed by atoms with van der Waals surface area (Å²) in [6.45, 7) is -0.0952. The number of H-pyrrole nitrogens is 1. The number of halogens is 3. The zero-order chi connectivity index (χ0) is 21.7. The van der Waals surface area contributed by atoms with Crippen molar-refractivity contribution in [2.45, 2.75) is 17.5 Å². The molecule has 0 bridgehead atoms. The first-order valence-corrected chi connectivity index (χ1v) is 10.9. The van der Waals surface area contributed by atoms with Crippen LogP contribution in [0.5, 0.6) is 0 Å². The molecule has 160 valence electrons. The highest BCUT2D eigenvalue weighted by Gasteiger charge is 2.43. The monoisotopic (exact) mass is 463 g/mol. The lowest BCUT2D eigenvalue weighted by Gasteiger charge is -2.12. The van der Waals surface area contributed by atoms with E-state index in [1.807, 2.05) is 0 Å². The lowest BCUT2D eigenvalue weighted by atomic mass is 10.0. The number of benzene rings is 1. The van der Waals surface area contributed by atoms with Gasteiger partial charge >= 0.3 is 0 Å². The van der Waals surface area contributed by atoms with Crippen molar-refractivity contribution in [3.05, 3.63) is 41.6 Å². The van der Waals surface area contributed by atoms with Gasteiger partial charge in [0.2, 0.25) is 5.91 Å². The van der Waals surface area contributed by atoms with Gasteiger partial charge in [-0.25, -0.2) is 13.8 Å². The number of aromatic nitrogens is 4. The van der Waals surface area contributed by atoms with Gasteiger partial charge in [0.1, 0.15) is 11.8 Å². The first kappa shape index (κ1) is 20.2. The molecule has 7 nitrogen and oxygen atoms in total. The number of carbonyl (C=O) groups excluding carboxylic acids is 1. The highest BCUT2D eigenvalue weighted by atomic mass is 35.5. The molecule has 1 aliphatic carbocycles. The highest BCUT2D eigenvalue weighted by Crippen LogP contribution is 2.42. The average molecular weight is 464 g/mol. The first-order valence-electron chi connectivity index (χ1n) is 9.49. The van der Waals surface area contributed by atoms with Gasteiger partial charge < -0.3 is 14.8 Å². The second-order valence-corrected chi connectivity index (χ2v) is 8.70. The van der Waals surface area contributed by atoms with Gasteiger partial charge in [0.25, 0.3) is 0 Å². The molecule has 3 N–H and O–H groups in total. The van der Waals surface area contributed by atoms with Crippen LogP contribution in [-0.2, 0) is 4.79 Å². The molecule has 3 heterocycles. The quantitative estimate of drug-likeness (QED) is 0.375.